The fraction of sp³-hybridized carbons (Fsp3) is 0.632. The minimum atomic E-state index is 0.0282. The quantitative estimate of drug-likeness (QED) is 0.754. The molecule has 1 aliphatic heterocycles. The van der Waals surface area contributed by atoms with Gasteiger partial charge in [0.15, 0.2) is 0 Å². The molecule has 0 aromatic heterocycles. The van der Waals surface area contributed by atoms with Crippen LogP contribution in [-0.2, 0) is 5.41 Å². The van der Waals surface area contributed by atoms with Gasteiger partial charge in [-0.3, -0.25) is 4.99 Å². The van der Waals surface area contributed by atoms with Gasteiger partial charge >= 0.3 is 0 Å². The van der Waals surface area contributed by atoms with Crippen LogP contribution in [0.15, 0.2) is 17.1 Å². The lowest BCUT2D eigenvalue weighted by molar-refractivity contribution is 0.730. The first kappa shape index (κ1) is 16.9. The molecule has 0 spiro atoms. The van der Waals surface area contributed by atoms with Gasteiger partial charge in [0.1, 0.15) is 0 Å². The Morgan fingerprint density at radius 3 is 1.95 bits per heavy atom. The van der Waals surface area contributed by atoms with Gasteiger partial charge in [-0.05, 0) is 52.3 Å². The third-order valence-electron chi connectivity index (χ3n) is 5.16. The maximum atomic E-state index is 4.93. The molecule has 0 N–H and O–H groups in total. The molecule has 0 saturated heterocycles. The van der Waals surface area contributed by atoms with Crippen molar-refractivity contribution in [2.75, 3.05) is 36.0 Å². The molecule has 22 heavy (non-hydrogen) atoms. The second-order valence-electron chi connectivity index (χ2n) is 6.53. The summed E-state index contributed by atoms with van der Waals surface area (Å²) in [5.74, 6) is 0. The zero-order chi connectivity index (χ0) is 16.5. The van der Waals surface area contributed by atoms with Crippen molar-refractivity contribution in [1.29, 1.82) is 0 Å². The maximum Gasteiger partial charge on any atom is 0.0905 e. The molecule has 1 heterocycles. The number of hydrogen-bond acceptors (Lipinski definition) is 3. The second-order valence-corrected chi connectivity index (χ2v) is 6.53. The molecule has 0 unspecified atom stereocenters. The normalized spacial score (nSPS) is 15.5. The van der Waals surface area contributed by atoms with E-state index in [9.17, 15) is 0 Å². The molecule has 122 valence electrons. The van der Waals surface area contributed by atoms with E-state index in [-0.39, 0.29) is 5.41 Å². The number of benzene rings is 1. The summed E-state index contributed by atoms with van der Waals surface area (Å²) in [6, 6.07) is 4.69. The Hall–Kier alpha value is -1.51. The molecule has 0 atom stereocenters. The van der Waals surface area contributed by atoms with Gasteiger partial charge in [-0.2, -0.15) is 0 Å². The highest BCUT2D eigenvalue weighted by Gasteiger charge is 2.35. The topological polar surface area (TPSA) is 18.8 Å². The number of fused-ring (bicyclic) bond motifs is 1. The van der Waals surface area contributed by atoms with Crippen LogP contribution in [0.3, 0.4) is 0 Å². The van der Waals surface area contributed by atoms with Crippen LogP contribution in [0.25, 0.3) is 0 Å². The van der Waals surface area contributed by atoms with E-state index in [0.29, 0.717) is 0 Å². The van der Waals surface area contributed by atoms with E-state index in [0.717, 1.165) is 26.2 Å². The minimum absolute atomic E-state index is 0.0282. The van der Waals surface area contributed by atoms with E-state index in [4.69, 9.17) is 4.99 Å². The smallest absolute Gasteiger partial charge is 0.0905 e. The predicted molar refractivity (Wildman–Crippen MR) is 99.4 cm³/mol. The van der Waals surface area contributed by atoms with E-state index in [1.54, 1.807) is 0 Å². The third kappa shape index (κ3) is 2.62. The molecular weight excluding hydrogens is 270 g/mol. The minimum Gasteiger partial charge on any atom is -0.372 e. The number of anilines is 2. The van der Waals surface area contributed by atoms with Crippen LogP contribution >= 0.6 is 0 Å². The molecule has 0 radical (unpaired) electrons. The van der Waals surface area contributed by atoms with Gasteiger partial charge in [0, 0.05) is 43.0 Å². The lowest BCUT2D eigenvalue weighted by Gasteiger charge is -2.29. The highest BCUT2D eigenvalue weighted by Crippen LogP contribution is 2.47. The molecular formula is C19H31N3. The van der Waals surface area contributed by atoms with Crippen molar-refractivity contribution in [3.8, 4) is 0 Å². The summed E-state index contributed by atoms with van der Waals surface area (Å²) in [4.78, 5) is 9.78. The van der Waals surface area contributed by atoms with Gasteiger partial charge < -0.3 is 9.80 Å². The maximum absolute atomic E-state index is 4.93. The van der Waals surface area contributed by atoms with Crippen molar-refractivity contribution < 1.29 is 0 Å². The van der Waals surface area contributed by atoms with E-state index >= 15 is 0 Å². The van der Waals surface area contributed by atoms with Crippen molar-refractivity contribution in [2.45, 2.75) is 53.9 Å². The molecule has 0 aliphatic carbocycles. The Bertz CT molecular complexity index is 564. The van der Waals surface area contributed by atoms with Gasteiger partial charge in [0.05, 0.1) is 11.4 Å². The molecule has 0 saturated carbocycles. The van der Waals surface area contributed by atoms with Crippen LogP contribution in [0.5, 0.6) is 0 Å². The number of nitrogens with zero attached hydrogens (tertiary/aromatic N) is 3. The number of hydrogen-bond donors (Lipinski definition) is 0. The first-order chi connectivity index (χ1) is 10.4. The Balaban J connectivity index is 2.67. The standard InChI is InChI=1S/C19H31N3/c1-8-21(9-2)15-12-16-18(20-14(5)19(16,6)7)17(13-15)22(10-3)11-4/h12-13H,8-11H2,1-7H3. The van der Waals surface area contributed by atoms with Crippen LogP contribution in [0.1, 0.15) is 54.0 Å². The van der Waals surface area contributed by atoms with Gasteiger partial charge in [-0.25, -0.2) is 0 Å². The van der Waals surface area contributed by atoms with Gasteiger partial charge in [-0.15, -0.1) is 0 Å². The van der Waals surface area contributed by atoms with Crippen molar-refractivity contribution in [2.24, 2.45) is 4.99 Å². The summed E-state index contributed by atoms with van der Waals surface area (Å²) >= 11 is 0. The lowest BCUT2D eigenvalue weighted by Crippen LogP contribution is -2.27. The average molecular weight is 301 g/mol. The highest BCUT2D eigenvalue weighted by atomic mass is 15.2. The molecule has 0 bridgehead atoms. The van der Waals surface area contributed by atoms with Crippen molar-refractivity contribution in [1.82, 2.24) is 0 Å². The lowest BCUT2D eigenvalue weighted by atomic mass is 9.81. The van der Waals surface area contributed by atoms with Gasteiger partial charge in [0.2, 0.25) is 0 Å². The van der Waals surface area contributed by atoms with E-state index in [1.165, 1.54) is 28.3 Å². The van der Waals surface area contributed by atoms with E-state index < -0.39 is 0 Å². The summed E-state index contributed by atoms with van der Waals surface area (Å²) in [6.45, 7) is 19.7. The predicted octanol–water partition coefficient (Wildman–Crippen LogP) is 4.76. The second kappa shape index (κ2) is 6.31. The van der Waals surface area contributed by atoms with Crippen LogP contribution < -0.4 is 9.80 Å². The van der Waals surface area contributed by atoms with Crippen LogP contribution in [0, 0.1) is 0 Å². The van der Waals surface area contributed by atoms with Crippen LogP contribution in [0.2, 0.25) is 0 Å². The van der Waals surface area contributed by atoms with Crippen LogP contribution in [-0.4, -0.2) is 31.9 Å². The fourth-order valence-electron chi connectivity index (χ4n) is 3.28. The highest BCUT2D eigenvalue weighted by molar-refractivity contribution is 6.02. The Kier molecular flexibility index (Phi) is 4.84. The fourth-order valence-corrected chi connectivity index (χ4v) is 3.28. The number of aliphatic imine (C=N–C) groups is 1. The Morgan fingerprint density at radius 2 is 1.45 bits per heavy atom. The largest absolute Gasteiger partial charge is 0.372 e. The first-order valence-corrected chi connectivity index (χ1v) is 8.64. The summed E-state index contributed by atoms with van der Waals surface area (Å²) < 4.78 is 0. The molecule has 3 heteroatoms. The SMILES string of the molecule is CCN(CC)c1cc(N(CC)CC)c2c(c1)C(C)(C)C(C)=N2. The third-order valence-corrected chi connectivity index (χ3v) is 5.16. The Morgan fingerprint density at radius 1 is 0.909 bits per heavy atom. The summed E-state index contributed by atoms with van der Waals surface area (Å²) in [7, 11) is 0. The average Bonchev–Trinajstić information content (AvgIpc) is 2.73. The molecule has 1 aromatic carbocycles. The molecule has 0 fully saturated rings. The van der Waals surface area contributed by atoms with Gasteiger partial charge in [-0.1, -0.05) is 13.8 Å². The summed E-state index contributed by atoms with van der Waals surface area (Å²) in [6.07, 6.45) is 0. The molecule has 1 aliphatic rings. The molecule has 1 aromatic rings. The monoisotopic (exact) mass is 301 g/mol. The van der Waals surface area contributed by atoms with Crippen LogP contribution in [0.4, 0.5) is 17.1 Å². The van der Waals surface area contributed by atoms with Crippen molar-refractivity contribution in [3.63, 3.8) is 0 Å². The van der Waals surface area contributed by atoms with E-state index in [1.807, 2.05) is 0 Å². The Labute approximate surface area is 136 Å². The van der Waals surface area contributed by atoms with E-state index in [2.05, 4.69) is 70.4 Å². The number of rotatable bonds is 6. The zero-order valence-corrected chi connectivity index (χ0v) is 15.3. The van der Waals surface area contributed by atoms with Gasteiger partial charge in [0.25, 0.3) is 0 Å². The molecule has 0 amide bonds. The van der Waals surface area contributed by atoms with Crippen molar-refractivity contribution in [3.05, 3.63) is 17.7 Å². The molecule has 2 rings (SSSR count). The zero-order valence-electron chi connectivity index (χ0n) is 15.3. The summed E-state index contributed by atoms with van der Waals surface area (Å²) in [5, 5.41) is 0. The summed E-state index contributed by atoms with van der Waals surface area (Å²) in [5.41, 5.74) is 6.41. The molecule has 3 nitrogen and oxygen atoms in total. The first-order valence-electron chi connectivity index (χ1n) is 8.64. The van der Waals surface area contributed by atoms with Crippen molar-refractivity contribution >= 4 is 22.8 Å².